The number of nitriles is 2. The van der Waals surface area contributed by atoms with Crippen LogP contribution in [0.5, 0.6) is 11.5 Å². The highest BCUT2D eigenvalue weighted by atomic mass is 35.5. The molecule has 2 aliphatic heterocycles. The molecule has 442 valence electrons. The summed E-state index contributed by atoms with van der Waals surface area (Å²) in [5, 5.41) is 32.7. The standard InChI is InChI=1S/C68H70Cl2N10O6/c1-9-55(73-7)63(81)77-57(65(83)79-41-67(3,4)61-59(79)33-45(39-75-61)29-47-19-21-51(69)35-49(47)37-71)31-43-15-23-53(24-16-43)85-27-13-11-12-14-28-86-54-25-17-44(18-26-54)32-58(78-64(82)56(10-2)74-8)66(84)80-42-68(5,6)62-60(80)34-46(40-76-62)30-48-20-22-52(70)36-50(48)38-72/h15-26,33-36,39-40,55-58,73-74H,9-10,27-32,41-42H2,1-8H3,(H,77,81)(H,78,82)/t55-,56-,57-,58-/m0/s1. The number of pyridine rings is 2. The maximum Gasteiger partial charge on any atom is 0.249 e. The Labute approximate surface area is 514 Å². The van der Waals surface area contributed by atoms with Crippen molar-refractivity contribution in [2.24, 2.45) is 0 Å². The van der Waals surface area contributed by atoms with Gasteiger partial charge in [0.1, 0.15) is 36.8 Å². The summed E-state index contributed by atoms with van der Waals surface area (Å²) in [4.78, 5) is 69.6. The van der Waals surface area contributed by atoms with Crippen LogP contribution < -0.4 is 40.5 Å². The number of hydrogen-bond donors (Lipinski definition) is 4. The lowest BCUT2D eigenvalue weighted by atomic mass is 9.91. The van der Waals surface area contributed by atoms with E-state index in [9.17, 15) is 29.7 Å². The normalized spacial score (nSPS) is 14.7. The topological polar surface area (TPSA) is 215 Å². The first kappa shape index (κ1) is 63.3. The third-order valence-electron chi connectivity index (χ3n) is 15.5. The van der Waals surface area contributed by atoms with Gasteiger partial charge in [0, 0.05) is 72.0 Å². The summed E-state index contributed by atoms with van der Waals surface area (Å²) in [6.45, 7) is 12.8. The van der Waals surface area contributed by atoms with Gasteiger partial charge >= 0.3 is 0 Å². The Hall–Kier alpha value is -8.74. The number of nitrogens with one attached hydrogen (secondary N) is 4. The Bertz CT molecular complexity index is 3470. The number of carbonyl (C=O) groups excluding carboxylic acids is 4. The summed E-state index contributed by atoms with van der Waals surface area (Å²) < 4.78 is 11.8. The van der Waals surface area contributed by atoms with Crippen LogP contribution in [0.4, 0.5) is 11.4 Å². The number of nitrogens with zero attached hydrogens (tertiary/aromatic N) is 6. The second-order valence-corrected chi connectivity index (χ2v) is 23.6. The van der Waals surface area contributed by atoms with E-state index in [1.54, 1.807) is 84.8 Å². The van der Waals surface area contributed by atoms with Gasteiger partial charge in [0.2, 0.25) is 23.6 Å². The van der Waals surface area contributed by atoms with E-state index in [2.05, 4.69) is 57.1 Å². The van der Waals surface area contributed by atoms with Gasteiger partial charge in [-0.3, -0.25) is 29.1 Å². The van der Waals surface area contributed by atoms with Gasteiger partial charge in [-0.1, -0.05) is 101 Å². The van der Waals surface area contributed by atoms with Gasteiger partial charge < -0.3 is 40.5 Å². The number of anilines is 2. The molecule has 0 radical (unpaired) electrons. The number of rotatable bonds is 22. The minimum atomic E-state index is -0.902. The maximum atomic E-state index is 14.7. The van der Waals surface area contributed by atoms with Crippen molar-refractivity contribution in [3.05, 3.63) is 175 Å². The first-order chi connectivity index (χ1) is 41.3. The van der Waals surface area contributed by atoms with E-state index in [0.717, 1.165) is 44.8 Å². The lowest BCUT2D eigenvalue weighted by molar-refractivity contribution is -0.128. The highest BCUT2D eigenvalue weighted by molar-refractivity contribution is 6.31. The molecule has 0 saturated carbocycles. The fourth-order valence-corrected chi connectivity index (χ4v) is 11.2. The average molecular weight is 1190 g/mol. The van der Waals surface area contributed by atoms with Crippen molar-refractivity contribution in [3.63, 3.8) is 0 Å². The number of carbonyl (C=O) groups is 4. The van der Waals surface area contributed by atoms with Gasteiger partial charge in [-0.15, -0.1) is 0 Å². The molecule has 4 atom stereocenters. The summed E-state index contributed by atoms with van der Waals surface area (Å²) in [7, 11) is 3.43. The summed E-state index contributed by atoms with van der Waals surface area (Å²) in [6, 6.07) is 30.6. The maximum absolute atomic E-state index is 14.7. The van der Waals surface area contributed by atoms with Crippen LogP contribution in [0.3, 0.4) is 0 Å². The molecule has 8 rings (SSSR count). The lowest BCUT2D eigenvalue weighted by Crippen LogP contribution is -2.54. The number of ether oxygens (including phenoxy) is 2. The number of benzene rings is 4. The van der Waals surface area contributed by atoms with Crippen molar-refractivity contribution in [1.29, 1.82) is 10.5 Å². The summed E-state index contributed by atoms with van der Waals surface area (Å²) in [5.74, 6) is 11.4. The summed E-state index contributed by atoms with van der Waals surface area (Å²) in [5.41, 5.74) is 7.75. The minimum Gasteiger partial charge on any atom is -0.481 e. The predicted octanol–water partition coefficient (Wildman–Crippen LogP) is 8.87. The Morgan fingerprint density at radius 3 is 1.30 bits per heavy atom. The molecule has 0 spiro atoms. The number of likely N-dealkylation sites (N-methyl/N-ethyl adjacent to an activating group) is 2. The van der Waals surface area contributed by atoms with E-state index in [-0.39, 0.29) is 49.7 Å². The molecule has 86 heavy (non-hydrogen) atoms. The minimum absolute atomic E-state index is 0.0678. The number of halogens is 2. The van der Waals surface area contributed by atoms with Crippen LogP contribution >= 0.6 is 23.2 Å². The highest BCUT2D eigenvalue weighted by Gasteiger charge is 2.44. The predicted molar refractivity (Wildman–Crippen MR) is 334 cm³/mol. The summed E-state index contributed by atoms with van der Waals surface area (Å²) >= 11 is 12.3. The van der Waals surface area contributed by atoms with Crippen molar-refractivity contribution in [2.45, 2.75) is 115 Å². The lowest BCUT2D eigenvalue weighted by Gasteiger charge is -2.27. The van der Waals surface area contributed by atoms with Crippen molar-refractivity contribution >= 4 is 58.2 Å². The second kappa shape index (κ2) is 28.4. The van der Waals surface area contributed by atoms with Crippen molar-refractivity contribution in [2.75, 3.05) is 50.2 Å². The van der Waals surface area contributed by atoms with Crippen molar-refractivity contribution in [1.82, 2.24) is 31.2 Å². The molecule has 4 heterocycles. The van der Waals surface area contributed by atoms with Gasteiger partial charge in [-0.05, 0) is 145 Å². The van der Waals surface area contributed by atoms with Gasteiger partial charge in [0.25, 0.3) is 0 Å². The molecule has 0 fully saturated rings. The number of fused-ring (bicyclic) bond motifs is 2. The van der Waals surface area contributed by atoms with Crippen LogP contribution in [0.15, 0.2) is 109 Å². The molecular formula is C68H70Cl2N10O6. The fourth-order valence-electron chi connectivity index (χ4n) is 10.9. The molecule has 4 N–H and O–H groups in total. The van der Waals surface area contributed by atoms with Crippen LogP contribution in [-0.4, -0.2) is 98.2 Å². The largest absolute Gasteiger partial charge is 0.481 e. The van der Waals surface area contributed by atoms with E-state index < -0.39 is 35.0 Å². The Morgan fingerprint density at radius 1 is 0.570 bits per heavy atom. The molecule has 4 amide bonds. The Kier molecular flexibility index (Phi) is 20.9. The number of hydrogen-bond acceptors (Lipinski definition) is 12. The molecule has 2 aromatic heterocycles. The Morgan fingerprint density at radius 2 is 0.953 bits per heavy atom. The van der Waals surface area contributed by atoms with Crippen molar-refractivity contribution < 1.29 is 28.7 Å². The Balaban J connectivity index is 0.866. The SMILES string of the molecule is CC[C@H](NC)C(=O)N[C@@H](Cc1ccc(OCC#CC#CCOc2ccc(C[C@H](NC(=O)[C@H](CC)NC)C(=O)N3CC(C)(C)c4ncc(Cc5ccc(Cl)cc5C#N)cc43)cc2)cc1)C(=O)N1CC(C)(C)c2ncc(Cc3ccc(Cl)cc3C#N)cc21. The molecule has 16 nitrogen and oxygen atoms in total. The molecule has 0 aliphatic carbocycles. The molecule has 0 bridgehead atoms. The van der Waals surface area contributed by atoms with Crippen LogP contribution in [0, 0.1) is 46.3 Å². The zero-order valence-corrected chi connectivity index (χ0v) is 51.2. The van der Waals surface area contributed by atoms with Crippen LogP contribution in [0.2, 0.25) is 10.0 Å². The van der Waals surface area contributed by atoms with E-state index in [1.165, 1.54) is 0 Å². The zero-order chi connectivity index (χ0) is 61.7. The van der Waals surface area contributed by atoms with Crippen molar-refractivity contribution in [3.8, 4) is 47.3 Å². The van der Waals surface area contributed by atoms with Crippen LogP contribution in [0.25, 0.3) is 0 Å². The third-order valence-corrected chi connectivity index (χ3v) is 16.0. The van der Waals surface area contributed by atoms with E-state index in [4.69, 9.17) is 42.6 Å². The molecule has 0 saturated heterocycles. The monoisotopic (exact) mass is 1190 g/mol. The first-order valence-electron chi connectivity index (χ1n) is 28.6. The molecular weight excluding hydrogens is 1120 g/mol. The quantitative estimate of drug-likeness (QED) is 0.0469. The number of aromatic nitrogens is 2. The van der Waals surface area contributed by atoms with Gasteiger partial charge in [-0.2, -0.15) is 10.5 Å². The molecule has 0 unspecified atom stereocenters. The first-order valence-corrected chi connectivity index (χ1v) is 29.4. The molecule has 6 aromatic rings. The summed E-state index contributed by atoms with van der Waals surface area (Å²) in [6.07, 6.45) is 5.90. The highest BCUT2D eigenvalue weighted by Crippen LogP contribution is 2.42. The van der Waals surface area contributed by atoms with E-state index in [1.807, 2.05) is 90.1 Å². The van der Waals surface area contributed by atoms with Gasteiger partial charge in [0.15, 0.2) is 0 Å². The zero-order valence-electron chi connectivity index (χ0n) is 49.7. The second-order valence-electron chi connectivity index (χ2n) is 22.7. The molecule has 18 heteroatoms. The molecule has 2 aliphatic rings. The van der Waals surface area contributed by atoms with Gasteiger partial charge in [-0.25, -0.2) is 0 Å². The van der Waals surface area contributed by atoms with Crippen LogP contribution in [0.1, 0.15) is 110 Å². The average Bonchev–Trinajstić information content (AvgIpc) is 3.19. The smallest absolute Gasteiger partial charge is 0.249 e. The van der Waals surface area contributed by atoms with Gasteiger partial charge in [0.05, 0.1) is 58.1 Å². The fraction of sp³-hybridized carbons (Fsp3) is 0.353. The van der Waals surface area contributed by atoms with Crippen LogP contribution in [-0.2, 0) is 55.7 Å². The number of amides is 4. The van der Waals surface area contributed by atoms with E-state index >= 15 is 0 Å². The molecule has 4 aromatic carbocycles. The third kappa shape index (κ3) is 15.4. The van der Waals surface area contributed by atoms with E-state index in [0.29, 0.717) is 82.8 Å².